The molecular formula is C36H46N8O7. The summed E-state index contributed by atoms with van der Waals surface area (Å²) in [7, 11) is 3.45. The number of hydrogen-bond acceptors (Lipinski definition) is 12. The summed E-state index contributed by atoms with van der Waals surface area (Å²) in [4.78, 5) is 51.4. The van der Waals surface area contributed by atoms with Gasteiger partial charge in [-0.1, -0.05) is 36.4 Å². The Morgan fingerprint density at radius 3 is 2.14 bits per heavy atom. The number of methoxy groups -OCH3 is 1. The predicted octanol–water partition coefficient (Wildman–Crippen LogP) is 1.46. The zero-order valence-electron chi connectivity index (χ0n) is 29.1. The highest BCUT2D eigenvalue weighted by atomic mass is 16.6. The fourth-order valence-electron chi connectivity index (χ4n) is 5.96. The quantitative estimate of drug-likeness (QED) is 0.143. The van der Waals surface area contributed by atoms with E-state index in [4.69, 9.17) is 30.4 Å². The average molecular weight is 703 g/mol. The van der Waals surface area contributed by atoms with Crippen molar-refractivity contribution in [3.8, 4) is 11.4 Å². The first kappa shape index (κ1) is 37.3. The van der Waals surface area contributed by atoms with Gasteiger partial charge in [-0.2, -0.15) is 9.97 Å². The molecule has 2 aromatic carbocycles. The first-order chi connectivity index (χ1) is 24.7. The Morgan fingerprint density at radius 1 is 0.863 bits per heavy atom. The zero-order chi connectivity index (χ0) is 36.2. The molecule has 272 valence electrons. The number of ether oxygens (including phenoxy) is 4. The molecule has 2 unspecified atom stereocenters. The number of rotatable bonds is 18. The van der Waals surface area contributed by atoms with E-state index in [0.717, 1.165) is 25.1 Å². The van der Waals surface area contributed by atoms with Crippen LogP contribution < -0.4 is 22.8 Å². The van der Waals surface area contributed by atoms with Gasteiger partial charge in [-0.05, 0) is 41.8 Å². The van der Waals surface area contributed by atoms with E-state index in [1.54, 1.807) is 30.2 Å². The van der Waals surface area contributed by atoms with Gasteiger partial charge in [-0.3, -0.25) is 18.8 Å². The van der Waals surface area contributed by atoms with Crippen molar-refractivity contribution in [2.24, 2.45) is 0 Å². The van der Waals surface area contributed by atoms with Crippen molar-refractivity contribution < 1.29 is 23.7 Å². The second kappa shape index (κ2) is 18.3. The lowest BCUT2D eigenvalue weighted by Crippen LogP contribution is -2.39. The van der Waals surface area contributed by atoms with Crippen LogP contribution in [-0.4, -0.2) is 114 Å². The SMILES string of the molecule is COCCOCCOCCOC1CCN(CC(c2ccccc2)N(C)C(=O)Cc2ccc(-n3ccc(N)nc3=O)c(-n3ccc(N)nc3=O)c2)C1. The zero-order valence-corrected chi connectivity index (χ0v) is 29.1. The molecule has 1 aliphatic heterocycles. The first-order valence-corrected chi connectivity index (χ1v) is 16.9. The molecule has 51 heavy (non-hydrogen) atoms. The summed E-state index contributed by atoms with van der Waals surface area (Å²) in [5, 5.41) is 0. The summed E-state index contributed by atoms with van der Waals surface area (Å²) in [5.41, 5.74) is 12.5. The Morgan fingerprint density at radius 2 is 1.49 bits per heavy atom. The summed E-state index contributed by atoms with van der Waals surface area (Å²) < 4.78 is 24.6. The van der Waals surface area contributed by atoms with Crippen LogP contribution in [-0.2, 0) is 30.2 Å². The van der Waals surface area contributed by atoms with Gasteiger partial charge in [0.25, 0.3) is 0 Å². The summed E-state index contributed by atoms with van der Waals surface area (Å²) in [6.45, 7) is 5.35. The van der Waals surface area contributed by atoms with Gasteiger partial charge in [-0.15, -0.1) is 0 Å². The minimum atomic E-state index is -0.638. The van der Waals surface area contributed by atoms with Crippen LogP contribution >= 0.6 is 0 Å². The number of likely N-dealkylation sites (N-methyl/N-ethyl adjacent to an activating group) is 1. The molecular weight excluding hydrogens is 656 g/mol. The number of aromatic nitrogens is 4. The Labute approximate surface area is 296 Å². The number of nitrogens with two attached hydrogens (primary N) is 2. The lowest BCUT2D eigenvalue weighted by Gasteiger charge is -2.32. The molecule has 0 bridgehead atoms. The molecule has 1 amide bonds. The smallest absolute Gasteiger partial charge is 0.354 e. The van der Waals surface area contributed by atoms with E-state index in [0.29, 0.717) is 63.1 Å². The lowest BCUT2D eigenvalue weighted by molar-refractivity contribution is -0.131. The van der Waals surface area contributed by atoms with Crippen LogP contribution in [0.2, 0.25) is 0 Å². The third kappa shape index (κ3) is 10.3. The molecule has 0 spiro atoms. The maximum Gasteiger partial charge on any atom is 0.354 e. The van der Waals surface area contributed by atoms with E-state index in [9.17, 15) is 14.4 Å². The number of nitrogens with zero attached hydrogens (tertiary/aromatic N) is 6. The van der Waals surface area contributed by atoms with Crippen LogP contribution in [0.3, 0.4) is 0 Å². The molecule has 4 N–H and O–H groups in total. The van der Waals surface area contributed by atoms with E-state index in [2.05, 4.69) is 14.9 Å². The molecule has 1 aliphatic rings. The number of carbonyl (C=O) groups is 1. The topological polar surface area (TPSA) is 182 Å². The number of anilines is 2. The number of amides is 1. The van der Waals surface area contributed by atoms with Crippen LogP contribution in [0.15, 0.2) is 82.6 Å². The highest BCUT2D eigenvalue weighted by Gasteiger charge is 2.29. The van der Waals surface area contributed by atoms with Crippen molar-refractivity contribution in [2.45, 2.75) is 25.0 Å². The molecule has 1 fully saturated rings. The minimum absolute atomic E-state index is 0.0440. The average Bonchev–Trinajstić information content (AvgIpc) is 3.57. The summed E-state index contributed by atoms with van der Waals surface area (Å²) in [6.07, 6.45) is 3.97. The standard InChI is InChI=1S/C36H46N8O7/c1-41(31(27-6-4-3-5-7-27)25-42-13-10-28(24-42)51-21-20-50-19-18-49-17-16-48-2)34(45)23-26-8-9-29(43-14-11-32(37)39-35(43)46)30(22-26)44-15-12-33(38)40-36(44)47/h3-9,11-12,14-15,22,28,31H,10,13,16-21,23-25H2,1-2H3,(H2,37,39,46)(H2,38,40,47). The Kier molecular flexibility index (Phi) is 13.4. The lowest BCUT2D eigenvalue weighted by atomic mass is 10.0. The normalized spacial score (nSPS) is 15.2. The highest BCUT2D eigenvalue weighted by molar-refractivity contribution is 5.79. The Balaban J connectivity index is 1.26. The molecule has 2 aromatic heterocycles. The van der Waals surface area contributed by atoms with Gasteiger partial charge in [0.05, 0.1) is 69.6 Å². The highest BCUT2D eigenvalue weighted by Crippen LogP contribution is 2.26. The van der Waals surface area contributed by atoms with Crippen LogP contribution in [0.4, 0.5) is 11.6 Å². The maximum atomic E-state index is 13.9. The number of nitrogen functional groups attached to an aromatic ring is 2. The maximum absolute atomic E-state index is 13.9. The molecule has 0 saturated carbocycles. The molecule has 3 heterocycles. The van der Waals surface area contributed by atoms with E-state index < -0.39 is 11.4 Å². The molecule has 2 atom stereocenters. The Bertz CT molecular complexity index is 1850. The monoisotopic (exact) mass is 702 g/mol. The molecule has 0 aliphatic carbocycles. The molecule has 0 radical (unpaired) electrons. The summed E-state index contributed by atoms with van der Waals surface area (Å²) >= 11 is 0. The van der Waals surface area contributed by atoms with Crippen molar-refractivity contribution in [1.82, 2.24) is 28.9 Å². The molecule has 1 saturated heterocycles. The summed E-state index contributed by atoms with van der Waals surface area (Å²) in [6, 6.07) is 17.8. The van der Waals surface area contributed by atoms with Crippen LogP contribution in [0, 0.1) is 0 Å². The third-order valence-corrected chi connectivity index (χ3v) is 8.66. The molecule has 4 aromatic rings. The minimum Gasteiger partial charge on any atom is -0.383 e. The van der Waals surface area contributed by atoms with Gasteiger partial charge in [0, 0.05) is 46.2 Å². The predicted molar refractivity (Wildman–Crippen MR) is 192 cm³/mol. The van der Waals surface area contributed by atoms with Crippen molar-refractivity contribution >= 4 is 17.5 Å². The van der Waals surface area contributed by atoms with Crippen molar-refractivity contribution in [2.75, 3.05) is 84.9 Å². The number of hydrogen-bond donors (Lipinski definition) is 2. The number of likely N-dealkylation sites (tertiary alicyclic amines) is 1. The van der Waals surface area contributed by atoms with Crippen LogP contribution in [0.1, 0.15) is 23.6 Å². The summed E-state index contributed by atoms with van der Waals surface area (Å²) in [5.74, 6) is 0.0111. The van der Waals surface area contributed by atoms with Crippen LogP contribution in [0.5, 0.6) is 0 Å². The molecule has 15 heteroatoms. The second-order valence-electron chi connectivity index (χ2n) is 12.2. The van der Waals surface area contributed by atoms with E-state index >= 15 is 0 Å². The molecule has 15 nitrogen and oxygen atoms in total. The van der Waals surface area contributed by atoms with Crippen molar-refractivity contribution in [3.05, 3.63) is 105 Å². The number of benzene rings is 2. The van der Waals surface area contributed by atoms with Crippen molar-refractivity contribution in [1.29, 1.82) is 0 Å². The number of carbonyl (C=O) groups excluding carboxylic acids is 1. The van der Waals surface area contributed by atoms with Crippen molar-refractivity contribution in [3.63, 3.8) is 0 Å². The van der Waals surface area contributed by atoms with Gasteiger partial charge in [0.2, 0.25) is 5.91 Å². The van der Waals surface area contributed by atoms with E-state index in [-0.39, 0.29) is 36.1 Å². The van der Waals surface area contributed by atoms with E-state index in [1.165, 1.54) is 33.7 Å². The second-order valence-corrected chi connectivity index (χ2v) is 12.2. The first-order valence-electron chi connectivity index (χ1n) is 16.9. The van der Waals surface area contributed by atoms with Gasteiger partial charge in [0.15, 0.2) is 0 Å². The molecule has 5 rings (SSSR count). The van der Waals surface area contributed by atoms with E-state index in [1.807, 2.05) is 37.4 Å². The van der Waals surface area contributed by atoms with Crippen LogP contribution in [0.25, 0.3) is 11.4 Å². The van der Waals surface area contributed by atoms with Gasteiger partial charge in [0.1, 0.15) is 11.6 Å². The van der Waals surface area contributed by atoms with Gasteiger partial charge >= 0.3 is 11.4 Å². The Hall–Kier alpha value is -4.93. The van der Waals surface area contributed by atoms with Gasteiger partial charge < -0.3 is 35.3 Å². The largest absolute Gasteiger partial charge is 0.383 e. The van der Waals surface area contributed by atoms with Gasteiger partial charge in [-0.25, -0.2) is 9.59 Å². The fraction of sp³-hybridized carbons (Fsp3) is 0.417. The third-order valence-electron chi connectivity index (χ3n) is 8.66. The fourth-order valence-corrected chi connectivity index (χ4v) is 5.96.